The number of benzene rings is 2. The quantitative estimate of drug-likeness (QED) is 0.662. The Labute approximate surface area is 160 Å². The van der Waals surface area contributed by atoms with Gasteiger partial charge in [0.15, 0.2) is 0 Å². The van der Waals surface area contributed by atoms with Crippen molar-refractivity contribution in [2.45, 2.75) is 25.4 Å². The van der Waals surface area contributed by atoms with Gasteiger partial charge < -0.3 is 10.1 Å². The van der Waals surface area contributed by atoms with Gasteiger partial charge in [-0.2, -0.15) is 18.3 Å². The zero-order valence-electron chi connectivity index (χ0n) is 15.4. The standard InChI is InChI=1S/C21H20F3N3O/c1-28-18-11-3-2-10-17(18)27-20-16(9-4-5-12-25-20)19(26-27)14-7-6-8-15(13-14)21(22,23)24/h2-3,6-8,10-11,13,25H,4-5,9,12H2,1H3. The van der Waals surface area contributed by atoms with E-state index in [4.69, 9.17) is 9.84 Å². The minimum absolute atomic E-state index is 0.462. The molecule has 2 heterocycles. The van der Waals surface area contributed by atoms with Gasteiger partial charge >= 0.3 is 6.18 Å². The second kappa shape index (κ2) is 7.22. The van der Waals surface area contributed by atoms with Crippen LogP contribution in [0.1, 0.15) is 24.0 Å². The predicted octanol–water partition coefficient (Wildman–Crippen LogP) is 5.31. The van der Waals surface area contributed by atoms with Gasteiger partial charge in [-0.05, 0) is 43.5 Å². The molecule has 2 aromatic carbocycles. The Bertz CT molecular complexity index is 995. The van der Waals surface area contributed by atoms with E-state index in [-0.39, 0.29) is 0 Å². The van der Waals surface area contributed by atoms with Gasteiger partial charge in [0.25, 0.3) is 0 Å². The van der Waals surface area contributed by atoms with E-state index in [1.54, 1.807) is 17.9 Å². The summed E-state index contributed by atoms with van der Waals surface area (Å²) in [5.41, 5.74) is 2.04. The number of alkyl halides is 3. The third kappa shape index (κ3) is 3.32. The maximum absolute atomic E-state index is 13.2. The zero-order chi connectivity index (χ0) is 19.7. The molecule has 0 atom stereocenters. The lowest BCUT2D eigenvalue weighted by molar-refractivity contribution is -0.137. The highest BCUT2D eigenvalue weighted by Crippen LogP contribution is 2.38. The van der Waals surface area contributed by atoms with Crippen molar-refractivity contribution >= 4 is 5.82 Å². The summed E-state index contributed by atoms with van der Waals surface area (Å²) in [6.45, 7) is 0.788. The number of anilines is 1. The lowest BCUT2D eigenvalue weighted by Crippen LogP contribution is -2.08. The Hall–Kier alpha value is -2.96. The molecule has 28 heavy (non-hydrogen) atoms. The number of rotatable bonds is 3. The average molecular weight is 387 g/mol. The largest absolute Gasteiger partial charge is 0.494 e. The summed E-state index contributed by atoms with van der Waals surface area (Å²) in [5.74, 6) is 1.46. The first kappa shape index (κ1) is 18.4. The number of para-hydroxylation sites is 2. The lowest BCUT2D eigenvalue weighted by Gasteiger charge is -2.12. The maximum Gasteiger partial charge on any atom is 0.416 e. The zero-order valence-corrected chi connectivity index (χ0v) is 15.4. The first-order valence-corrected chi connectivity index (χ1v) is 9.16. The molecule has 146 valence electrons. The van der Waals surface area contributed by atoms with E-state index in [2.05, 4.69) is 5.32 Å². The van der Waals surface area contributed by atoms with Crippen molar-refractivity contribution in [2.75, 3.05) is 19.0 Å². The van der Waals surface area contributed by atoms with E-state index >= 15 is 0 Å². The van der Waals surface area contributed by atoms with Crippen LogP contribution in [0.4, 0.5) is 19.0 Å². The summed E-state index contributed by atoms with van der Waals surface area (Å²) in [6.07, 6.45) is -1.70. The SMILES string of the molecule is COc1ccccc1-n1nc(-c2cccc(C(F)(F)F)c2)c2c1NCCCC2. The fourth-order valence-corrected chi connectivity index (χ4v) is 3.56. The predicted molar refractivity (Wildman–Crippen MR) is 102 cm³/mol. The fourth-order valence-electron chi connectivity index (χ4n) is 3.56. The molecule has 0 saturated heterocycles. The Morgan fingerprint density at radius 1 is 1.07 bits per heavy atom. The van der Waals surface area contributed by atoms with Crippen LogP contribution >= 0.6 is 0 Å². The molecule has 0 aliphatic carbocycles. The molecule has 4 rings (SSSR count). The lowest BCUT2D eigenvalue weighted by atomic mass is 10.0. The van der Waals surface area contributed by atoms with E-state index in [0.717, 1.165) is 48.9 Å². The van der Waals surface area contributed by atoms with Crippen LogP contribution in [0.3, 0.4) is 0 Å². The van der Waals surface area contributed by atoms with E-state index in [0.29, 0.717) is 17.0 Å². The number of nitrogens with zero attached hydrogens (tertiary/aromatic N) is 2. The first-order chi connectivity index (χ1) is 13.5. The molecule has 1 aliphatic heterocycles. The molecule has 0 unspecified atom stereocenters. The number of fused-ring (bicyclic) bond motifs is 1. The third-order valence-corrected chi connectivity index (χ3v) is 4.91. The molecule has 0 fully saturated rings. The monoisotopic (exact) mass is 387 g/mol. The number of ether oxygens (including phenoxy) is 1. The van der Waals surface area contributed by atoms with Gasteiger partial charge in [0.05, 0.1) is 18.4 Å². The van der Waals surface area contributed by atoms with Gasteiger partial charge in [0.1, 0.15) is 17.3 Å². The Balaban J connectivity index is 1.91. The van der Waals surface area contributed by atoms with Crippen LogP contribution in [0, 0.1) is 0 Å². The van der Waals surface area contributed by atoms with Crippen LogP contribution in [0.15, 0.2) is 48.5 Å². The van der Waals surface area contributed by atoms with Crippen molar-refractivity contribution in [2.24, 2.45) is 0 Å². The van der Waals surface area contributed by atoms with Crippen molar-refractivity contribution in [1.82, 2.24) is 9.78 Å². The molecule has 0 bridgehead atoms. The van der Waals surface area contributed by atoms with Crippen LogP contribution in [0.2, 0.25) is 0 Å². The number of hydrogen-bond donors (Lipinski definition) is 1. The second-order valence-electron chi connectivity index (χ2n) is 6.72. The van der Waals surface area contributed by atoms with Crippen LogP contribution in [0.25, 0.3) is 16.9 Å². The molecular formula is C21H20F3N3O. The molecule has 4 nitrogen and oxygen atoms in total. The number of aromatic nitrogens is 2. The van der Waals surface area contributed by atoms with Crippen LogP contribution in [0.5, 0.6) is 5.75 Å². The highest BCUT2D eigenvalue weighted by atomic mass is 19.4. The van der Waals surface area contributed by atoms with Gasteiger partial charge in [-0.3, -0.25) is 0 Å². The van der Waals surface area contributed by atoms with Crippen LogP contribution in [-0.4, -0.2) is 23.4 Å². The van der Waals surface area contributed by atoms with Gasteiger partial charge in [0.2, 0.25) is 0 Å². The van der Waals surface area contributed by atoms with Crippen molar-refractivity contribution in [3.05, 3.63) is 59.7 Å². The van der Waals surface area contributed by atoms with Gasteiger partial charge in [-0.15, -0.1) is 0 Å². The topological polar surface area (TPSA) is 39.1 Å². The van der Waals surface area contributed by atoms with Crippen molar-refractivity contribution in [1.29, 1.82) is 0 Å². The summed E-state index contributed by atoms with van der Waals surface area (Å²) in [6, 6.07) is 12.8. The van der Waals surface area contributed by atoms with Gasteiger partial charge in [-0.1, -0.05) is 24.3 Å². The molecule has 1 aliphatic rings. The highest BCUT2D eigenvalue weighted by Gasteiger charge is 2.31. The van der Waals surface area contributed by atoms with E-state index in [1.807, 2.05) is 24.3 Å². The summed E-state index contributed by atoms with van der Waals surface area (Å²) >= 11 is 0. The minimum atomic E-state index is -4.39. The second-order valence-corrected chi connectivity index (χ2v) is 6.72. The molecule has 7 heteroatoms. The maximum atomic E-state index is 13.2. The third-order valence-electron chi connectivity index (χ3n) is 4.91. The van der Waals surface area contributed by atoms with Gasteiger partial charge in [0, 0.05) is 17.7 Å². The number of nitrogens with one attached hydrogen (secondary N) is 1. The normalized spacial score (nSPS) is 14.1. The first-order valence-electron chi connectivity index (χ1n) is 9.16. The van der Waals surface area contributed by atoms with E-state index < -0.39 is 11.7 Å². The molecule has 0 amide bonds. The Kier molecular flexibility index (Phi) is 4.75. The Morgan fingerprint density at radius 3 is 2.68 bits per heavy atom. The van der Waals surface area contributed by atoms with E-state index in [9.17, 15) is 13.2 Å². The molecule has 0 spiro atoms. The van der Waals surface area contributed by atoms with Crippen molar-refractivity contribution in [3.63, 3.8) is 0 Å². The highest BCUT2D eigenvalue weighted by molar-refractivity contribution is 5.72. The molecule has 0 saturated carbocycles. The van der Waals surface area contributed by atoms with Crippen LogP contribution in [-0.2, 0) is 12.6 Å². The minimum Gasteiger partial charge on any atom is -0.494 e. The van der Waals surface area contributed by atoms with Crippen LogP contribution < -0.4 is 10.1 Å². The molecule has 3 aromatic rings. The molecule has 1 aromatic heterocycles. The smallest absolute Gasteiger partial charge is 0.416 e. The Morgan fingerprint density at radius 2 is 1.89 bits per heavy atom. The molecule has 1 N–H and O–H groups in total. The summed E-state index contributed by atoms with van der Waals surface area (Å²) < 4.78 is 46.8. The molecule has 0 radical (unpaired) electrons. The summed E-state index contributed by atoms with van der Waals surface area (Å²) in [7, 11) is 1.59. The average Bonchev–Trinajstić information content (AvgIpc) is 2.88. The summed E-state index contributed by atoms with van der Waals surface area (Å²) in [4.78, 5) is 0. The van der Waals surface area contributed by atoms with Gasteiger partial charge in [-0.25, -0.2) is 4.68 Å². The van der Waals surface area contributed by atoms with Crippen molar-refractivity contribution in [3.8, 4) is 22.7 Å². The molecular weight excluding hydrogens is 367 g/mol. The number of methoxy groups -OCH3 is 1. The van der Waals surface area contributed by atoms with E-state index in [1.165, 1.54) is 12.1 Å². The van der Waals surface area contributed by atoms with Crippen molar-refractivity contribution < 1.29 is 17.9 Å². The summed E-state index contributed by atoms with van der Waals surface area (Å²) in [5, 5.41) is 8.11. The number of halogens is 3. The fraction of sp³-hybridized carbons (Fsp3) is 0.286. The number of hydrogen-bond acceptors (Lipinski definition) is 3.